The molecule has 2 nitrogen and oxygen atoms in total. The van der Waals surface area contributed by atoms with Crippen LogP contribution in [0.3, 0.4) is 0 Å². The SMILES string of the molecule is CCNC(CCC1CCCO1)c1cc2c(s1)CCCCC2. The molecule has 118 valence electrons. The van der Waals surface area contributed by atoms with Gasteiger partial charge in [0.25, 0.3) is 0 Å². The molecule has 1 aromatic heterocycles. The highest BCUT2D eigenvalue weighted by Crippen LogP contribution is 2.34. The van der Waals surface area contributed by atoms with Gasteiger partial charge >= 0.3 is 0 Å². The zero-order chi connectivity index (χ0) is 14.5. The van der Waals surface area contributed by atoms with Gasteiger partial charge in [0, 0.05) is 22.4 Å². The van der Waals surface area contributed by atoms with Gasteiger partial charge < -0.3 is 10.1 Å². The molecule has 3 heteroatoms. The van der Waals surface area contributed by atoms with Crippen LogP contribution in [0.15, 0.2) is 6.07 Å². The molecule has 0 spiro atoms. The molecular formula is C18H29NOS. The van der Waals surface area contributed by atoms with Gasteiger partial charge in [-0.15, -0.1) is 11.3 Å². The van der Waals surface area contributed by atoms with Gasteiger partial charge in [-0.05, 0) is 69.5 Å². The van der Waals surface area contributed by atoms with E-state index in [9.17, 15) is 0 Å². The summed E-state index contributed by atoms with van der Waals surface area (Å²) in [6, 6.07) is 3.05. The third kappa shape index (κ3) is 4.08. The quantitative estimate of drug-likeness (QED) is 0.774. The van der Waals surface area contributed by atoms with Crippen molar-refractivity contribution in [3.05, 3.63) is 21.4 Å². The number of hydrogen-bond donors (Lipinski definition) is 1. The molecule has 2 unspecified atom stereocenters. The average Bonchev–Trinajstić information content (AvgIpc) is 3.09. The molecule has 2 aliphatic rings. The molecule has 0 aromatic carbocycles. The van der Waals surface area contributed by atoms with Crippen molar-refractivity contribution in [1.82, 2.24) is 5.32 Å². The third-order valence-electron chi connectivity index (χ3n) is 4.86. The summed E-state index contributed by atoms with van der Waals surface area (Å²) >= 11 is 2.08. The lowest BCUT2D eigenvalue weighted by atomic mass is 10.0. The van der Waals surface area contributed by atoms with Crippen LogP contribution in [0.1, 0.15) is 73.2 Å². The van der Waals surface area contributed by atoms with Crippen molar-refractivity contribution >= 4 is 11.3 Å². The number of rotatable bonds is 6. The molecule has 0 amide bonds. The van der Waals surface area contributed by atoms with Crippen molar-refractivity contribution in [3.63, 3.8) is 0 Å². The molecule has 2 heterocycles. The summed E-state index contributed by atoms with van der Waals surface area (Å²) in [6.07, 6.45) is 12.2. The van der Waals surface area contributed by atoms with Crippen molar-refractivity contribution in [2.75, 3.05) is 13.2 Å². The van der Waals surface area contributed by atoms with Gasteiger partial charge in [0.15, 0.2) is 0 Å². The van der Waals surface area contributed by atoms with Crippen molar-refractivity contribution in [2.24, 2.45) is 0 Å². The lowest BCUT2D eigenvalue weighted by Crippen LogP contribution is -2.21. The molecule has 1 saturated heterocycles. The van der Waals surface area contributed by atoms with E-state index in [1.165, 1.54) is 57.8 Å². The highest BCUT2D eigenvalue weighted by molar-refractivity contribution is 7.12. The topological polar surface area (TPSA) is 21.3 Å². The van der Waals surface area contributed by atoms with Crippen LogP contribution in [0.4, 0.5) is 0 Å². The van der Waals surface area contributed by atoms with Gasteiger partial charge in [0.05, 0.1) is 6.10 Å². The number of thiophene rings is 1. The number of aryl methyl sites for hydroxylation is 2. The van der Waals surface area contributed by atoms with Crippen LogP contribution in [-0.4, -0.2) is 19.3 Å². The van der Waals surface area contributed by atoms with E-state index in [0.29, 0.717) is 12.1 Å². The van der Waals surface area contributed by atoms with Crippen molar-refractivity contribution in [3.8, 4) is 0 Å². The molecule has 1 fully saturated rings. The smallest absolute Gasteiger partial charge is 0.0576 e. The fourth-order valence-corrected chi connectivity index (χ4v) is 5.05. The Morgan fingerprint density at radius 1 is 1.29 bits per heavy atom. The zero-order valence-corrected chi connectivity index (χ0v) is 14.1. The van der Waals surface area contributed by atoms with Gasteiger partial charge in [-0.2, -0.15) is 0 Å². The van der Waals surface area contributed by atoms with E-state index in [1.807, 2.05) is 0 Å². The third-order valence-corrected chi connectivity index (χ3v) is 6.21. The summed E-state index contributed by atoms with van der Waals surface area (Å²) in [5.41, 5.74) is 1.65. The summed E-state index contributed by atoms with van der Waals surface area (Å²) < 4.78 is 5.79. The van der Waals surface area contributed by atoms with E-state index in [-0.39, 0.29) is 0 Å². The Hall–Kier alpha value is -0.380. The number of fused-ring (bicyclic) bond motifs is 1. The minimum absolute atomic E-state index is 0.518. The van der Waals surface area contributed by atoms with E-state index < -0.39 is 0 Å². The number of hydrogen-bond acceptors (Lipinski definition) is 3. The predicted molar refractivity (Wildman–Crippen MR) is 90.2 cm³/mol. The first kappa shape index (κ1) is 15.5. The molecule has 1 aliphatic heterocycles. The number of nitrogens with one attached hydrogen (secondary N) is 1. The second-order valence-electron chi connectivity index (χ2n) is 6.48. The second-order valence-corrected chi connectivity index (χ2v) is 7.65. The van der Waals surface area contributed by atoms with Gasteiger partial charge in [-0.1, -0.05) is 13.3 Å². The maximum Gasteiger partial charge on any atom is 0.0576 e. The summed E-state index contributed by atoms with van der Waals surface area (Å²) in [5, 5.41) is 3.70. The molecule has 1 aliphatic carbocycles. The lowest BCUT2D eigenvalue weighted by Gasteiger charge is -2.18. The van der Waals surface area contributed by atoms with E-state index >= 15 is 0 Å². The van der Waals surface area contributed by atoms with E-state index in [0.717, 1.165) is 13.2 Å². The van der Waals surface area contributed by atoms with E-state index in [4.69, 9.17) is 4.74 Å². The largest absolute Gasteiger partial charge is 0.378 e. The monoisotopic (exact) mass is 307 g/mol. The Morgan fingerprint density at radius 2 is 2.19 bits per heavy atom. The first-order valence-electron chi connectivity index (χ1n) is 8.83. The minimum Gasteiger partial charge on any atom is -0.378 e. The Labute approximate surface area is 133 Å². The summed E-state index contributed by atoms with van der Waals surface area (Å²) in [6.45, 7) is 4.25. The average molecular weight is 308 g/mol. The fourth-order valence-electron chi connectivity index (χ4n) is 3.68. The maximum atomic E-state index is 5.79. The Kier molecular flexibility index (Phi) is 5.73. The van der Waals surface area contributed by atoms with Crippen LogP contribution in [0.25, 0.3) is 0 Å². The normalized spacial score (nSPS) is 23.8. The van der Waals surface area contributed by atoms with Gasteiger partial charge in [0.2, 0.25) is 0 Å². The van der Waals surface area contributed by atoms with E-state index in [1.54, 1.807) is 15.3 Å². The van der Waals surface area contributed by atoms with Gasteiger partial charge in [-0.25, -0.2) is 0 Å². The van der Waals surface area contributed by atoms with Gasteiger partial charge in [0.1, 0.15) is 0 Å². The summed E-state index contributed by atoms with van der Waals surface area (Å²) in [4.78, 5) is 3.24. The van der Waals surface area contributed by atoms with Crippen LogP contribution in [-0.2, 0) is 17.6 Å². The molecule has 2 atom stereocenters. The number of ether oxygens (including phenoxy) is 1. The molecule has 21 heavy (non-hydrogen) atoms. The Morgan fingerprint density at radius 3 is 3.00 bits per heavy atom. The van der Waals surface area contributed by atoms with Crippen molar-refractivity contribution in [1.29, 1.82) is 0 Å². The first-order chi connectivity index (χ1) is 10.4. The highest BCUT2D eigenvalue weighted by Gasteiger charge is 2.21. The van der Waals surface area contributed by atoms with Crippen LogP contribution in [0.5, 0.6) is 0 Å². The second kappa shape index (κ2) is 7.75. The minimum atomic E-state index is 0.518. The van der Waals surface area contributed by atoms with Crippen LogP contribution < -0.4 is 5.32 Å². The summed E-state index contributed by atoms with van der Waals surface area (Å²) in [5.74, 6) is 0. The molecule has 1 aromatic rings. The van der Waals surface area contributed by atoms with Crippen LogP contribution in [0, 0.1) is 0 Å². The molecule has 0 bridgehead atoms. The molecule has 0 saturated carbocycles. The standard InChI is InChI=1S/C18H29NOS/c1-2-19-16(11-10-15-8-6-12-20-15)18-13-14-7-4-3-5-9-17(14)21-18/h13,15-16,19H,2-12H2,1H3. The Bertz CT molecular complexity index is 413. The van der Waals surface area contributed by atoms with Crippen molar-refractivity contribution in [2.45, 2.75) is 76.9 Å². The fraction of sp³-hybridized carbons (Fsp3) is 0.778. The predicted octanol–water partition coefficient (Wildman–Crippen LogP) is 4.63. The lowest BCUT2D eigenvalue weighted by molar-refractivity contribution is 0.0997. The Balaban J connectivity index is 1.64. The van der Waals surface area contributed by atoms with Crippen LogP contribution in [0.2, 0.25) is 0 Å². The zero-order valence-electron chi connectivity index (χ0n) is 13.3. The molecule has 1 N–H and O–H groups in total. The van der Waals surface area contributed by atoms with Crippen molar-refractivity contribution < 1.29 is 4.74 Å². The molecule has 3 rings (SSSR count). The highest BCUT2D eigenvalue weighted by atomic mass is 32.1. The van der Waals surface area contributed by atoms with E-state index in [2.05, 4.69) is 29.6 Å². The summed E-state index contributed by atoms with van der Waals surface area (Å²) in [7, 11) is 0. The first-order valence-corrected chi connectivity index (χ1v) is 9.65. The molecular weight excluding hydrogens is 278 g/mol. The van der Waals surface area contributed by atoms with Crippen LogP contribution >= 0.6 is 11.3 Å². The van der Waals surface area contributed by atoms with Gasteiger partial charge in [-0.3, -0.25) is 0 Å². The molecule has 0 radical (unpaired) electrons. The maximum absolute atomic E-state index is 5.79.